The number of nitrogens with one attached hydrogen (secondary N) is 1. The molecule has 0 spiro atoms. The summed E-state index contributed by atoms with van der Waals surface area (Å²) in [6, 6.07) is 0. The SMILES string of the molecule is CNc1cnc(C[C@@H]2CCCN(C(=O)CCCn3cncn3)CC2)cn1. The molecule has 0 bridgehead atoms. The first-order chi connectivity index (χ1) is 12.7. The van der Waals surface area contributed by atoms with E-state index in [1.807, 2.05) is 18.1 Å². The minimum absolute atomic E-state index is 0.254. The highest BCUT2D eigenvalue weighted by atomic mass is 16.2. The minimum Gasteiger partial charge on any atom is -0.372 e. The Hall–Kier alpha value is -2.51. The van der Waals surface area contributed by atoms with Crippen molar-refractivity contribution in [3.8, 4) is 0 Å². The largest absolute Gasteiger partial charge is 0.372 e. The molecule has 0 aliphatic carbocycles. The highest BCUT2D eigenvalue weighted by Crippen LogP contribution is 2.21. The van der Waals surface area contributed by atoms with Crippen molar-refractivity contribution in [2.24, 2.45) is 5.92 Å². The fraction of sp³-hybridized carbons (Fsp3) is 0.611. The van der Waals surface area contributed by atoms with E-state index in [1.165, 1.54) is 6.33 Å². The molecule has 1 aliphatic rings. The Bertz CT molecular complexity index is 671. The quantitative estimate of drug-likeness (QED) is 0.812. The van der Waals surface area contributed by atoms with Crippen LogP contribution in [0.3, 0.4) is 0 Å². The molecule has 8 nitrogen and oxygen atoms in total. The molecule has 0 unspecified atom stereocenters. The average molecular weight is 357 g/mol. The molecule has 1 aliphatic heterocycles. The van der Waals surface area contributed by atoms with Crippen LogP contribution in [0.1, 0.15) is 37.8 Å². The molecule has 1 atom stereocenters. The van der Waals surface area contributed by atoms with Crippen LogP contribution in [0, 0.1) is 5.92 Å². The Labute approximate surface area is 154 Å². The number of amides is 1. The minimum atomic E-state index is 0.254. The summed E-state index contributed by atoms with van der Waals surface area (Å²) in [7, 11) is 1.84. The maximum absolute atomic E-state index is 12.5. The van der Waals surface area contributed by atoms with Crippen LogP contribution in [0.4, 0.5) is 5.82 Å². The molecule has 1 saturated heterocycles. The number of hydrogen-bond donors (Lipinski definition) is 1. The van der Waals surface area contributed by atoms with Gasteiger partial charge in [0.2, 0.25) is 5.91 Å². The number of aryl methyl sites for hydroxylation is 1. The molecule has 140 valence electrons. The topological polar surface area (TPSA) is 88.8 Å². The van der Waals surface area contributed by atoms with Crippen LogP contribution in [-0.4, -0.2) is 55.7 Å². The molecular weight excluding hydrogens is 330 g/mol. The summed E-state index contributed by atoms with van der Waals surface area (Å²) in [5, 5.41) is 7.05. The van der Waals surface area contributed by atoms with Crippen LogP contribution in [0.2, 0.25) is 0 Å². The monoisotopic (exact) mass is 357 g/mol. The zero-order valence-electron chi connectivity index (χ0n) is 15.3. The lowest BCUT2D eigenvalue weighted by Gasteiger charge is -2.20. The number of anilines is 1. The molecule has 0 radical (unpaired) electrons. The number of carbonyl (C=O) groups excluding carboxylic acids is 1. The van der Waals surface area contributed by atoms with Gasteiger partial charge in [0.15, 0.2) is 0 Å². The van der Waals surface area contributed by atoms with Gasteiger partial charge in [0, 0.05) is 33.1 Å². The third-order valence-electron chi connectivity index (χ3n) is 4.90. The third kappa shape index (κ3) is 5.24. The summed E-state index contributed by atoms with van der Waals surface area (Å²) >= 11 is 0. The Morgan fingerprint density at radius 1 is 1.27 bits per heavy atom. The van der Waals surface area contributed by atoms with Crippen molar-refractivity contribution in [2.75, 3.05) is 25.5 Å². The fourth-order valence-electron chi connectivity index (χ4n) is 3.40. The van der Waals surface area contributed by atoms with E-state index in [-0.39, 0.29) is 5.91 Å². The van der Waals surface area contributed by atoms with Crippen LogP contribution >= 0.6 is 0 Å². The molecule has 8 heteroatoms. The Morgan fingerprint density at radius 2 is 2.19 bits per heavy atom. The summed E-state index contributed by atoms with van der Waals surface area (Å²) in [5.41, 5.74) is 1.03. The van der Waals surface area contributed by atoms with Gasteiger partial charge >= 0.3 is 0 Å². The zero-order chi connectivity index (χ0) is 18.2. The van der Waals surface area contributed by atoms with Gasteiger partial charge in [-0.15, -0.1) is 0 Å². The fourth-order valence-corrected chi connectivity index (χ4v) is 3.40. The lowest BCUT2D eigenvalue weighted by molar-refractivity contribution is -0.131. The molecule has 0 aromatic carbocycles. The van der Waals surface area contributed by atoms with Gasteiger partial charge in [-0.3, -0.25) is 14.5 Å². The van der Waals surface area contributed by atoms with Crippen LogP contribution in [-0.2, 0) is 17.8 Å². The highest BCUT2D eigenvalue weighted by Gasteiger charge is 2.21. The van der Waals surface area contributed by atoms with Crippen molar-refractivity contribution in [3.05, 3.63) is 30.7 Å². The van der Waals surface area contributed by atoms with E-state index in [9.17, 15) is 4.79 Å². The normalized spacial score (nSPS) is 17.7. The number of carbonyl (C=O) groups is 1. The highest BCUT2D eigenvalue weighted by molar-refractivity contribution is 5.76. The van der Waals surface area contributed by atoms with Crippen molar-refractivity contribution in [1.82, 2.24) is 29.6 Å². The van der Waals surface area contributed by atoms with E-state index in [0.717, 1.165) is 63.3 Å². The molecule has 2 aromatic heterocycles. The van der Waals surface area contributed by atoms with Crippen molar-refractivity contribution in [1.29, 1.82) is 0 Å². The Kier molecular flexibility index (Phi) is 6.51. The van der Waals surface area contributed by atoms with Gasteiger partial charge in [-0.2, -0.15) is 5.10 Å². The van der Waals surface area contributed by atoms with E-state index in [0.29, 0.717) is 12.3 Å². The Morgan fingerprint density at radius 3 is 2.92 bits per heavy atom. The van der Waals surface area contributed by atoms with Gasteiger partial charge in [0.1, 0.15) is 18.5 Å². The smallest absolute Gasteiger partial charge is 0.222 e. The van der Waals surface area contributed by atoms with Gasteiger partial charge in [-0.1, -0.05) is 0 Å². The number of likely N-dealkylation sites (tertiary alicyclic amines) is 1. The van der Waals surface area contributed by atoms with Crippen molar-refractivity contribution >= 4 is 11.7 Å². The summed E-state index contributed by atoms with van der Waals surface area (Å²) in [5.74, 6) is 1.61. The van der Waals surface area contributed by atoms with Gasteiger partial charge in [-0.05, 0) is 38.0 Å². The maximum Gasteiger partial charge on any atom is 0.222 e. The van der Waals surface area contributed by atoms with Crippen LogP contribution in [0.25, 0.3) is 0 Å². The molecule has 26 heavy (non-hydrogen) atoms. The third-order valence-corrected chi connectivity index (χ3v) is 4.90. The van der Waals surface area contributed by atoms with Gasteiger partial charge in [0.05, 0.1) is 18.1 Å². The second-order valence-corrected chi connectivity index (χ2v) is 6.79. The molecule has 0 saturated carbocycles. The second-order valence-electron chi connectivity index (χ2n) is 6.79. The lowest BCUT2D eigenvalue weighted by Crippen LogP contribution is -2.32. The van der Waals surface area contributed by atoms with Gasteiger partial charge in [0.25, 0.3) is 0 Å². The van der Waals surface area contributed by atoms with Gasteiger partial charge < -0.3 is 10.2 Å². The first-order valence-corrected chi connectivity index (χ1v) is 9.33. The second kappa shape index (κ2) is 9.26. The summed E-state index contributed by atoms with van der Waals surface area (Å²) in [6.07, 6.45) is 12.4. The first kappa shape index (κ1) is 18.3. The number of nitrogens with zero attached hydrogens (tertiary/aromatic N) is 6. The van der Waals surface area contributed by atoms with Crippen molar-refractivity contribution in [2.45, 2.75) is 45.1 Å². The van der Waals surface area contributed by atoms with Crippen LogP contribution in [0.15, 0.2) is 25.0 Å². The number of rotatable bonds is 7. The van der Waals surface area contributed by atoms with E-state index < -0.39 is 0 Å². The average Bonchev–Trinajstić information content (AvgIpc) is 3.07. The molecule has 1 fully saturated rings. The molecular formula is C18H27N7O. The van der Waals surface area contributed by atoms with E-state index in [1.54, 1.807) is 17.2 Å². The summed E-state index contributed by atoms with van der Waals surface area (Å²) < 4.78 is 1.77. The van der Waals surface area contributed by atoms with Gasteiger partial charge in [-0.25, -0.2) is 9.97 Å². The molecule has 3 heterocycles. The van der Waals surface area contributed by atoms with Crippen LogP contribution < -0.4 is 5.32 Å². The standard InChI is InChI=1S/C18H27N7O/c1-19-17-12-21-16(11-22-17)10-15-4-2-7-24(9-6-15)18(26)5-3-8-25-14-20-13-23-25/h11-15H,2-10H2,1H3,(H,19,22)/t15-/m1/s1. The van der Waals surface area contributed by atoms with Crippen molar-refractivity contribution < 1.29 is 4.79 Å². The Balaban J connectivity index is 1.42. The number of hydrogen-bond acceptors (Lipinski definition) is 6. The molecule has 2 aromatic rings. The predicted molar refractivity (Wildman–Crippen MR) is 98.5 cm³/mol. The molecule has 3 rings (SSSR count). The maximum atomic E-state index is 12.5. The van der Waals surface area contributed by atoms with Crippen molar-refractivity contribution in [3.63, 3.8) is 0 Å². The first-order valence-electron chi connectivity index (χ1n) is 9.33. The van der Waals surface area contributed by atoms with Crippen LogP contribution in [0.5, 0.6) is 0 Å². The predicted octanol–water partition coefficient (Wildman–Crippen LogP) is 1.76. The van der Waals surface area contributed by atoms with E-state index >= 15 is 0 Å². The summed E-state index contributed by atoms with van der Waals surface area (Å²) in [4.78, 5) is 27.2. The number of aromatic nitrogens is 5. The molecule has 1 amide bonds. The summed E-state index contributed by atoms with van der Waals surface area (Å²) in [6.45, 7) is 2.45. The zero-order valence-corrected chi connectivity index (χ0v) is 15.3. The van der Waals surface area contributed by atoms with E-state index in [2.05, 4.69) is 25.4 Å². The lowest BCUT2D eigenvalue weighted by atomic mass is 9.95. The van der Waals surface area contributed by atoms with E-state index in [4.69, 9.17) is 0 Å². The molecule has 1 N–H and O–H groups in total.